The molecule has 0 N–H and O–H groups in total. The van der Waals surface area contributed by atoms with Crippen LogP contribution in [0.4, 0.5) is 0 Å². The third kappa shape index (κ3) is 9.92. The average molecular weight is 162 g/mol. The molecule has 0 amide bonds. The van der Waals surface area contributed by atoms with Gasteiger partial charge in [0.05, 0.1) is 27.2 Å². The Bertz CT molecular complexity index is 72.0. The number of quaternary nitrogens is 1. The monoisotopic (exact) mass is 162 g/mol. The molecule has 2 heteroatoms. The lowest BCUT2D eigenvalue weighted by atomic mass is 10.4. The van der Waals surface area contributed by atoms with E-state index in [0.29, 0.717) is 0 Å². The third-order valence-corrected chi connectivity index (χ3v) is 1.76. The van der Waals surface area contributed by atoms with E-state index >= 15 is 0 Å². The van der Waals surface area contributed by atoms with Crippen molar-refractivity contribution in [2.24, 2.45) is 0 Å². The zero-order valence-electron chi connectivity index (χ0n) is 8.98. The zero-order chi connectivity index (χ0) is 9.33. The summed E-state index contributed by atoms with van der Waals surface area (Å²) >= 11 is 0. The molecule has 0 aromatic carbocycles. The molecule has 0 rings (SSSR count). The highest BCUT2D eigenvalue weighted by Gasteiger charge is 2.09. The van der Waals surface area contributed by atoms with Crippen LogP contribution in [0, 0.1) is 0 Å². The molecule has 2 nitrogen and oxygen atoms in total. The highest BCUT2D eigenvalue weighted by Crippen LogP contribution is 1.93. The summed E-state index contributed by atoms with van der Waals surface area (Å²) in [6.45, 7) is 9.33. The van der Waals surface area contributed by atoms with Gasteiger partial charge in [-0.25, -0.2) is 0 Å². The summed E-state index contributed by atoms with van der Waals surface area (Å²) in [7, 11) is 6.16. The van der Waals surface area contributed by atoms with Gasteiger partial charge in [0.2, 0.25) is 0 Å². The second kappa shape index (κ2) is 8.02. The fourth-order valence-electron chi connectivity index (χ4n) is 0.497. The first-order valence-corrected chi connectivity index (χ1v) is 4.43. The molecule has 0 aliphatic rings. The normalized spacial score (nSPS) is 10.4. The van der Waals surface area contributed by atoms with Crippen LogP contribution in [0.3, 0.4) is 0 Å². The number of hydrogen-bond donors (Lipinski definition) is 0. The van der Waals surface area contributed by atoms with Crippen LogP contribution >= 0.6 is 0 Å². The first-order chi connectivity index (χ1) is 5.12. The minimum atomic E-state index is 0.862. The molecule has 0 radical (unpaired) electrons. The average Bonchev–Trinajstić information content (AvgIpc) is 2.05. The second-order valence-electron chi connectivity index (χ2n) is 2.97. The van der Waals surface area contributed by atoms with Gasteiger partial charge in [-0.1, -0.05) is 13.8 Å². The highest BCUT2D eigenvalue weighted by molar-refractivity contribution is 4.27. The Morgan fingerprint density at radius 1 is 1.18 bits per heavy atom. The summed E-state index contributed by atoms with van der Waals surface area (Å²) in [5.74, 6) is 0. The molecule has 0 aromatic heterocycles. The third-order valence-electron chi connectivity index (χ3n) is 1.76. The van der Waals surface area contributed by atoms with Gasteiger partial charge in [-0.15, -0.1) is 0 Å². The Morgan fingerprint density at radius 2 is 1.64 bits per heavy atom. The van der Waals surface area contributed by atoms with Crippen LogP contribution in [0.2, 0.25) is 0 Å². The molecule has 0 saturated heterocycles. The minimum Gasteiger partial charge on any atom is -0.379 e. The fraction of sp³-hybridized carbons (Fsp3) is 1.00. The van der Waals surface area contributed by atoms with Gasteiger partial charge in [0.25, 0.3) is 0 Å². The van der Waals surface area contributed by atoms with E-state index < -0.39 is 0 Å². The molecule has 0 spiro atoms. The maximum Gasteiger partial charge on any atom is 0.102 e. The number of rotatable bonds is 4. The Labute approximate surface area is 71.7 Å². The van der Waals surface area contributed by atoms with Crippen molar-refractivity contribution >= 4 is 0 Å². The van der Waals surface area contributed by atoms with Gasteiger partial charge in [0, 0.05) is 7.11 Å². The van der Waals surface area contributed by atoms with Gasteiger partial charge in [-0.05, 0) is 6.92 Å². The Morgan fingerprint density at radius 3 is 1.91 bits per heavy atom. The maximum atomic E-state index is 4.96. The van der Waals surface area contributed by atoms with Crippen LogP contribution in [0.5, 0.6) is 0 Å². The maximum absolute atomic E-state index is 4.96. The molecule has 11 heavy (non-hydrogen) atoms. The van der Waals surface area contributed by atoms with E-state index in [4.69, 9.17) is 4.74 Å². The van der Waals surface area contributed by atoms with Crippen molar-refractivity contribution in [1.29, 1.82) is 0 Å². The molecule has 0 aliphatic heterocycles. The molecular formula is C9H24NO+. The van der Waals surface area contributed by atoms with Gasteiger partial charge >= 0.3 is 0 Å². The number of nitrogens with zero attached hydrogens (tertiary/aromatic N) is 1. The fourth-order valence-corrected chi connectivity index (χ4v) is 0.497. The number of ether oxygens (including phenoxy) is 1. The van der Waals surface area contributed by atoms with Gasteiger partial charge in [0.1, 0.15) is 6.54 Å². The first kappa shape index (κ1) is 13.5. The number of methoxy groups -OCH3 is 1. The van der Waals surface area contributed by atoms with E-state index in [0.717, 1.165) is 17.6 Å². The van der Waals surface area contributed by atoms with Gasteiger partial charge in [-0.3, -0.25) is 0 Å². The van der Waals surface area contributed by atoms with E-state index in [1.807, 2.05) is 13.8 Å². The van der Waals surface area contributed by atoms with Crippen LogP contribution in [0.25, 0.3) is 0 Å². The first-order valence-electron chi connectivity index (χ1n) is 4.43. The summed E-state index contributed by atoms with van der Waals surface area (Å²) in [5, 5.41) is 0. The molecule has 0 heterocycles. The van der Waals surface area contributed by atoms with Crippen molar-refractivity contribution in [2.75, 3.05) is 40.9 Å². The van der Waals surface area contributed by atoms with Gasteiger partial charge < -0.3 is 9.22 Å². The molecule has 0 aliphatic carbocycles. The van der Waals surface area contributed by atoms with Crippen LogP contribution in [-0.2, 0) is 4.74 Å². The molecular weight excluding hydrogens is 138 g/mol. The van der Waals surface area contributed by atoms with E-state index in [9.17, 15) is 0 Å². The van der Waals surface area contributed by atoms with Gasteiger partial charge in [0.15, 0.2) is 0 Å². The zero-order valence-corrected chi connectivity index (χ0v) is 8.98. The topological polar surface area (TPSA) is 9.23 Å². The number of likely N-dealkylation sites (N-methyl/N-ethyl adjacent to an activating group) is 1. The minimum absolute atomic E-state index is 0.862. The van der Waals surface area contributed by atoms with E-state index in [2.05, 4.69) is 21.0 Å². The van der Waals surface area contributed by atoms with Crippen molar-refractivity contribution in [2.45, 2.75) is 20.8 Å². The summed E-state index contributed by atoms with van der Waals surface area (Å²) in [5.41, 5.74) is 0. The molecule has 0 fully saturated rings. The lowest BCUT2D eigenvalue weighted by Crippen LogP contribution is -2.41. The van der Waals surface area contributed by atoms with Crippen LogP contribution in [0.15, 0.2) is 0 Å². The Kier molecular flexibility index (Phi) is 9.85. The summed E-state index contributed by atoms with van der Waals surface area (Å²) in [6, 6.07) is 0. The van der Waals surface area contributed by atoms with Crippen molar-refractivity contribution in [3.8, 4) is 0 Å². The van der Waals surface area contributed by atoms with Crippen LogP contribution in [0.1, 0.15) is 20.8 Å². The van der Waals surface area contributed by atoms with Crippen molar-refractivity contribution in [3.05, 3.63) is 0 Å². The molecule has 0 unspecified atom stereocenters. The van der Waals surface area contributed by atoms with E-state index in [1.54, 1.807) is 7.11 Å². The van der Waals surface area contributed by atoms with Crippen LogP contribution < -0.4 is 0 Å². The quantitative estimate of drug-likeness (QED) is 0.572. The largest absolute Gasteiger partial charge is 0.379 e. The number of hydrogen-bond acceptors (Lipinski definition) is 1. The lowest BCUT2D eigenvalue weighted by Gasteiger charge is -2.27. The predicted octanol–water partition coefficient (Wildman–Crippen LogP) is 1.76. The predicted molar refractivity (Wildman–Crippen MR) is 50.7 cm³/mol. The van der Waals surface area contributed by atoms with Crippen molar-refractivity contribution < 1.29 is 9.22 Å². The standard InChI is InChI=1S/C7H18NO.C2H6/c1-5-8(2,3)6-7-9-4;1-2/h5-7H2,1-4H3;1-2H3/q+1;. The molecule has 0 bridgehead atoms. The van der Waals surface area contributed by atoms with Gasteiger partial charge in [-0.2, -0.15) is 0 Å². The van der Waals surface area contributed by atoms with Crippen LogP contribution in [-0.4, -0.2) is 45.4 Å². The summed E-state index contributed by atoms with van der Waals surface area (Å²) in [6.07, 6.45) is 0. The SMILES string of the molecule is CC.CC[N+](C)(C)CCOC. The van der Waals surface area contributed by atoms with Crippen molar-refractivity contribution in [1.82, 2.24) is 0 Å². The summed E-state index contributed by atoms with van der Waals surface area (Å²) < 4.78 is 6.01. The highest BCUT2D eigenvalue weighted by atomic mass is 16.5. The molecule has 0 aromatic rings. The molecule has 0 saturated carbocycles. The summed E-state index contributed by atoms with van der Waals surface area (Å²) in [4.78, 5) is 0. The second-order valence-corrected chi connectivity index (χ2v) is 2.97. The molecule has 0 atom stereocenters. The lowest BCUT2D eigenvalue weighted by molar-refractivity contribution is -0.888. The Hall–Kier alpha value is -0.0800. The van der Waals surface area contributed by atoms with E-state index in [1.165, 1.54) is 6.54 Å². The Balaban J connectivity index is 0. The van der Waals surface area contributed by atoms with E-state index in [-0.39, 0.29) is 0 Å². The van der Waals surface area contributed by atoms with Crippen molar-refractivity contribution in [3.63, 3.8) is 0 Å². The smallest absolute Gasteiger partial charge is 0.102 e. The molecule has 70 valence electrons.